The summed E-state index contributed by atoms with van der Waals surface area (Å²) >= 11 is 1.59. The Morgan fingerprint density at radius 3 is 2.54 bits per heavy atom. The number of rotatable bonds is 3. The maximum atomic E-state index is 12.4. The van der Waals surface area contributed by atoms with Crippen molar-refractivity contribution in [3.63, 3.8) is 0 Å². The lowest BCUT2D eigenvalue weighted by atomic mass is 10.1. The first-order valence-electron chi connectivity index (χ1n) is 8.46. The van der Waals surface area contributed by atoms with Gasteiger partial charge in [-0.15, -0.1) is 11.3 Å². The van der Waals surface area contributed by atoms with Crippen molar-refractivity contribution in [3.8, 4) is 0 Å². The van der Waals surface area contributed by atoms with E-state index in [1.807, 2.05) is 42.3 Å². The van der Waals surface area contributed by atoms with Crippen molar-refractivity contribution in [2.45, 2.75) is 13.0 Å². The molecule has 5 nitrogen and oxygen atoms in total. The summed E-state index contributed by atoms with van der Waals surface area (Å²) in [6.07, 6.45) is 1.85. The third kappa shape index (κ3) is 3.03. The Bertz CT molecular complexity index is 703. The minimum Gasteiger partial charge on any atom is -0.354 e. The van der Waals surface area contributed by atoms with Gasteiger partial charge in [-0.05, 0) is 31.2 Å². The Labute approximate surface area is 146 Å². The van der Waals surface area contributed by atoms with Crippen LogP contribution in [0, 0.1) is 6.92 Å². The zero-order chi connectivity index (χ0) is 16.5. The van der Waals surface area contributed by atoms with Gasteiger partial charge in [0.15, 0.2) is 0 Å². The third-order valence-corrected chi connectivity index (χ3v) is 5.89. The van der Waals surface area contributed by atoms with E-state index in [4.69, 9.17) is 0 Å². The van der Waals surface area contributed by atoms with Crippen molar-refractivity contribution < 1.29 is 4.79 Å². The van der Waals surface area contributed by atoms with Crippen LogP contribution in [0.5, 0.6) is 0 Å². The number of likely N-dealkylation sites (tertiary alicyclic amines) is 1. The first-order chi connectivity index (χ1) is 11.7. The average Bonchev–Trinajstić information content (AvgIpc) is 3.01. The van der Waals surface area contributed by atoms with Crippen LogP contribution >= 0.6 is 11.3 Å². The van der Waals surface area contributed by atoms with Crippen LogP contribution in [-0.2, 0) is 0 Å². The van der Waals surface area contributed by atoms with Gasteiger partial charge in [-0.25, -0.2) is 4.98 Å². The van der Waals surface area contributed by atoms with Crippen LogP contribution in [0.25, 0.3) is 0 Å². The van der Waals surface area contributed by atoms with Crippen molar-refractivity contribution in [2.75, 3.05) is 44.2 Å². The summed E-state index contributed by atoms with van der Waals surface area (Å²) in [5, 5.41) is 0. The summed E-state index contributed by atoms with van der Waals surface area (Å²) in [4.78, 5) is 25.7. The molecule has 4 heterocycles. The highest BCUT2D eigenvalue weighted by Crippen LogP contribution is 2.23. The molecule has 2 fully saturated rings. The van der Waals surface area contributed by atoms with Gasteiger partial charge in [-0.1, -0.05) is 6.07 Å². The number of carbonyl (C=O) groups excluding carboxylic acids is 1. The lowest BCUT2D eigenvalue weighted by Gasteiger charge is -2.48. The Morgan fingerprint density at radius 1 is 1.12 bits per heavy atom. The molecule has 0 atom stereocenters. The number of pyridine rings is 1. The molecule has 2 aliphatic rings. The van der Waals surface area contributed by atoms with E-state index < -0.39 is 0 Å². The number of aryl methyl sites for hydroxylation is 1. The zero-order valence-corrected chi connectivity index (χ0v) is 14.7. The number of amides is 1. The smallest absolute Gasteiger partial charge is 0.264 e. The van der Waals surface area contributed by atoms with Crippen LogP contribution in [0.2, 0.25) is 0 Å². The zero-order valence-electron chi connectivity index (χ0n) is 13.9. The summed E-state index contributed by atoms with van der Waals surface area (Å²) in [6, 6.07) is 10.5. The molecule has 2 aliphatic heterocycles. The number of anilines is 1. The second-order valence-corrected chi connectivity index (χ2v) is 7.77. The first kappa shape index (κ1) is 15.6. The predicted octanol–water partition coefficient (Wildman–Crippen LogP) is 2.10. The second kappa shape index (κ2) is 6.53. The normalized spacial score (nSPS) is 19.4. The summed E-state index contributed by atoms with van der Waals surface area (Å²) in [7, 11) is 0. The number of aromatic nitrogens is 1. The molecule has 2 aromatic heterocycles. The quantitative estimate of drug-likeness (QED) is 0.856. The maximum absolute atomic E-state index is 12.4. The van der Waals surface area contributed by atoms with E-state index in [0.29, 0.717) is 6.04 Å². The van der Waals surface area contributed by atoms with Gasteiger partial charge in [-0.2, -0.15) is 0 Å². The fourth-order valence-electron chi connectivity index (χ4n) is 3.41. The van der Waals surface area contributed by atoms with Crippen LogP contribution in [0.3, 0.4) is 0 Å². The summed E-state index contributed by atoms with van der Waals surface area (Å²) < 4.78 is 0. The Kier molecular flexibility index (Phi) is 4.24. The van der Waals surface area contributed by atoms with Crippen molar-refractivity contribution in [1.29, 1.82) is 0 Å². The summed E-state index contributed by atoms with van der Waals surface area (Å²) in [5.74, 6) is 1.26. The molecule has 0 aromatic carbocycles. The molecule has 0 unspecified atom stereocenters. The third-order valence-electron chi connectivity index (χ3n) is 4.90. The second-order valence-electron chi connectivity index (χ2n) is 6.49. The molecule has 6 heteroatoms. The lowest BCUT2D eigenvalue weighted by molar-refractivity contribution is 0.0250. The maximum Gasteiger partial charge on any atom is 0.264 e. The average molecular weight is 342 g/mol. The molecule has 0 spiro atoms. The van der Waals surface area contributed by atoms with E-state index in [1.54, 1.807) is 11.3 Å². The number of carbonyl (C=O) groups is 1. The van der Waals surface area contributed by atoms with Gasteiger partial charge in [0.1, 0.15) is 5.82 Å². The fraction of sp³-hybridized carbons (Fsp3) is 0.444. The molecular formula is C18H22N4OS. The molecule has 1 amide bonds. The molecule has 4 rings (SSSR count). The van der Waals surface area contributed by atoms with Crippen molar-refractivity contribution in [2.24, 2.45) is 0 Å². The fourth-order valence-corrected chi connectivity index (χ4v) is 4.25. The summed E-state index contributed by atoms with van der Waals surface area (Å²) in [6.45, 7) is 7.86. The molecule has 0 N–H and O–H groups in total. The molecule has 2 aromatic rings. The van der Waals surface area contributed by atoms with E-state index in [-0.39, 0.29) is 5.91 Å². The van der Waals surface area contributed by atoms with E-state index in [0.717, 1.165) is 50.0 Å². The van der Waals surface area contributed by atoms with Crippen molar-refractivity contribution >= 4 is 23.1 Å². The number of hydrogen-bond acceptors (Lipinski definition) is 5. The van der Waals surface area contributed by atoms with Crippen LogP contribution in [0.1, 0.15) is 14.5 Å². The van der Waals surface area contributed by atoms with E-state index in [9.17, 15) is 4.79 Å². The van der Waals surface area contributed by atoms with Gasteiger partial charge >= 0.3 is 0 Å². The Hall–Kier alpha value is -1.92. The first-order valence-corrected chi connectivity index (χ1v) is 9.28. The van der Waals surface area contributed by atoms with Crippen LogP contribution in [0.4, 0.5) is 5.82 Å². The van der Waals surface area contributed by atoms with Gasteiger partial charge in [0.2, 0.25) is 0 Å². The number of piperazine rings is 1. The molecule has 0 aliphatic carbocycles. The van der Waals surface area contributed by atoms with Gasteiger partial charge in [0, 0.05) is 56.4 Å². The molecule has 0 saturated carbocycles. The van der Waals surface area contributed by atoms with Crippen LogP contribution < -0.4 is 4.90 Å². The van der Waals surface area contributed by atoms with E-state index in [1.165, 1.54) is 4.88 Å². The topological polar surface area (TPSA) is 39.7 Å². The van der Waals surface area contributed by atoms with Crippen LogP contribution in [0.15, 0.2) is 36.5 Å². The Morgan fingerprint density at radius 2 is 1.92 bits per heavy atom. The monoisotopic (exact) mass is 342 g/mol. The molecule has 0 bridgehead atoms. The molecule has 2 saturated heterocycles. The number of nitrogens with zero attached hydrogens (tertiary/aromatic N) is 4. The molecule has 0 radical (unpaired) electrons. The lowest BCUT2D eigenvalue weighted by Crippen LogP contribution is -2.64. The highest BCUT2D eigenvalue weighted by molar-refractivity contribution is 7.13. The highest BCUT2D eigenvalue weighted by atomic mass is 32.1. The van der Waals surface area contributed by atoms with Crippen molar-refractivity contribution in [1.82, 2.24) is 14.8 Å². The molecule has 126 valence electrons. The van der Waals surface area contributed by atoms with Gasteiger partial charge in [-0.3, -0.25) is 9.69 Å². The predicted molar refractivity (Wildman–Crippen MR) is 96.8 cm³/mol. The number of thiophene rings is 1. The van der Waals surface area contributed by atoms with Crippen LogP contribution in [-0.4, -0.2) is 66.0 Å². The minimum atomic E-state index is 0.191. The van der Waals surface area contributed by atoms with E-state index in [2.05, 4.69) is 20.9 Å². The standard InChI is InChI=1S/C18H22N4OS/c1-14-5-6-16(24-14)18(23)22-12-15(13-22)20-8-10-21(11-9-20)17-4-2-3-7-19-17/h2-7,15H,8-13H2,1H3. The van der Waals surface area contributed by atoms with Gasteiger partial charge in [0.05, 0.1) is 4.88 Å². The van der Waals surface area contributed by atoms with Gasteiger partial charge in [0.25, 0.3) is 5.91 Å². The van der Waals surface area contributed by atoms with Gasteiger partial charge < -0.3 is 9.80 Å². The highest BCUT2D eigenvalue weighted by Gasteiger charge is 2.36. The minimum absolute atomic E-state index is 0.191. The molecule has 24 heavy (non-hydrogen) atoms. The molecular weight excluding hydrogens is 320 g/mol. The largest absolute Gasteiger partial charge is 0.354 e. The Balaban J connectivity index is 1.27. The number of hydrogen-bond donors (Lipinski definition) is 0. The van der Waals surface area contributed by atoms with Crippen molar-refractivity contribution in [3.05, 3.63) is 46.3 Å². The summed E-state index contributed by atoms with van der Waals surface area (Å²) in [5.41, 5.74) is 0. The SMILES string of the molecule is Cc1ccc(C(=O)N2CC(N3CCN(c4ccccn4)CC3)C2)s1. The van der Waals surface area contributed by atoms with E-state index >= 15 is 0 Å².